The first-order chi connectivity index (χ1) is 13.6. The fourth-order valence-corrected chi connectivity index (χ4v) is 3.21. The molecule has 0 aliphatic heterocycles. The summed E-state index contributed by atoms with van der Waals surface area (Å²) in [5.41, 5.74) is 2.99. The molecule has 0 aliphatic carbocycles. The smallest absolute Gasteiger partial charge is 0.250 e. The van der Waals surface area contributed by atoms with Gasteiger partial charge in [0.1, 0.15) is 11.9 Å². The van der Waals surface area contributed by atoms with Gasteiger partial charge < -0.3 is 9.73 Å². The Balaban J connectivity index is 1.73. The molecule has 0 amide bonds. The number of nitrogens with zero attached hydrogens (tertiary/aromatic N) is 2. The Hall–Kier alpha value is -3.18. The summed E-state index contributed by atoms with van der Waals surface area (Å²) in [4.78, 5) is 0. The Morgan fingerprint density at radius 2 is 1.71 bits per heavy atom. The Morgan fingerprint density at radius 1 is 0.964 bits per heavy atom. The second kappa shape index (κ2) is 7.82. The largest absolute Gasteiger partial charge is 0.418 e. The Bertz CT molecular complexity index is 1100. The molecule has 1 N–H and O–H groups in total. The molecule has 0 saturated carbocycles. The molecule has 1 atom stereocenters. The molecule has 0 spiro atoms. The quantitative estimate of drug-likeness (QED) is 0.449. The maximum Gasteiger partial charge on any atom is 0.250 e. The maximum atomic E-state index is 14.1. The first-order valence-electron chi connectivity index (χ1n) is 8.78. The number of rotatable bonds is 5. The molecule has 1 aromatic heterocycles. The minimum Gasteiger partial charge on any atom is -0.418 e. The molecule has 0 bridgehead atoms. The van der Waals surface area contributed by atoms with E-state index in [-0.39, 0.29) is 11.5 Å². The van der Waals surface area contributed by atoms with E-state index >= 15 is 0 Å². The van der Waals surface area contributed by atoms with E-state index in [2.05, 4.69) is 15.5 Å². The van der Waals surface area contributed by atoms with Gasteiger partial charge in [-0.3, -0.25) is 0 Å². The molecule has 0 radical (unpaired) electrons. The molecular formula is C22H17ClFN3O. The summed E-state index contributed by atoms with van der Waals surface area (Å²) in [5, 5.41) is 12.2. The van der Waals surface area contributed by atoms with Gasteiger partial charge in [0.2, 0.25) is 5.89 Å². The fourth-order valence-electron chi connectivity index (χ4n) is 2.92. The summed E-state index contributed by atoms with van der Waals surface area (Å²) in [7, 11) is 0. The van der Waals surface area contributed by atoms with Crippen LogP contribution in [0.4, 0.5) is 10.1 Å². The van der Waals surface area contributed by atoms with Gasteiger partial charge in [0.25, 0.3) is 5.89 Å². The lowest BCUT2D eigenvalue weighted by Gasteiger charge is -2.18. The summed E-state index contributed by atoms with van der Waals surface area (Å²) in [6.07, 6.45) is 0. The van der Waals surface area contributed by atoms with Crippen LogP contribution in [0.1, 0.15) is 23.1 Å². The predicted molar refractivity (Wildman–Crippen MR) is 108 cm³/mol. The number of halogens is 2. The van der Waals surface area contributed by atoms with Crippen LogP contribution in [0.25, 0.3) is 11.5 Å². The van der Waals surface area contributed by atoms with Crippen LogP contribution in [0, 0.1) is 12.7 Å². The lowest BCUT2D eigenvalue weighted by molar-refractivity contribution is 0.490. The van der Waals surface area contributed by atoms with Crippen LogP contribution in [0.2, 0.25) is 5.02 Å². The van der Waals surface area contributed by atoms with Crippen molar-refractivity contribution in [2.24, 2.45) is 0 Å². The van der Waals surface area contributed by atoms with E-state index in [1.807, 2.05) is 55.5 Å². The third kappa shape index (κ3) is 3.75. The number of anilines is 1. The zero-order valence-electron chi connectivity index (χ0n) is 15.1. The Kier molecular flexibility index (Phi) is 5.08. The van der Waals surface area contributed by atoms with Crippen molar-refractivity contribution < 1.29 is 8.81 Å². The molecule has 0 unspecified atom stereocenters. The Labute approximate surface area is 167 Å². The molecular weight excluding hydrogens is 377 g/mol. The van der Waals surface area contributed by atoms with E-state index in [1.165, 1.54) is 6.07 Å². The van der Waals surface area contributed by atoms with Gasteiger partial charge in [-0.2, -0.15) is 0 Å². The summed E-state index contributed by atoms with van der Waals surface area (Å²) in [5.74, 6) is 0.0374. The SMILES string of the molecule is Cc1ccc(N[C@@H](c2ccccc2)c2nnc(-c3ccccc3F)o2)c(Cl)c1. The van der Waals surface area contributed by atoms with E-state index < -0.39 is 11.9 Å². The third-order valence-electron chi connectivity index (χ3n) is 4.35. The minimum atomic E-state index is -0.436. The van der Waals surface area contributed by atoms with E-state index in [4.69, 9.17) is 16.0 Å². The van der Waals surface area contributed by atoms with Gasteiger partial charge >= 0.3 is 0 Å². The molecule has 4 nitrogen and oxygen atoms in total. The second-order valence-electron chi connectivity index (χ2n) is 6.40. The second-order valence-corrected chi connectivity index (χ2v) is 6.80. The third-order valence-corrected chi connectivity index (χ3v) is 4.66. The monoisotopic (exact) mass is 393 g/mol. The standard InChI is InChI=1S/C22H17ClFN3O/c1-14-11-12-19(17(23)13-14)25-20(15-7-3-2-4-8-15)22-27-26-21(28-22)16-9-5-6-10-18(16)24/h2-13,20,25H,1H3/t20-/m0/s1. The summed E-state index contributed by atoms with van der Waals surface area (Å²) in [6, 6.07) is 21.3. The van der Waals surface area contributed by atoms with Crippen LogP contribution in [0.5, 0.6) is 0 Å². The molecule has 140 valence electrons. The number of hydrogen-bond acceptors (Lipinski definition) is 4. The predicted octanol–water partition coefficient (Wildman–Crippen LogP) is 6.04. The first kappa shape index (κ1) is 18.2. The summed E-state index contributed by atoms with van der Waals surface area (Å²) in [6.45, 7) is 1.98. The number of hydrogen-bond donors (Lipinski definition) is 1. The van der Waals surface area contributed by atoms with Crippen LogP contribution in [0.15, 0.2) is 77.2 Å². The van der Waals surface area contributed by atoms with E-state index in [0.29, 0.717) is 10.9 Å². The van der Waals surface area contributed by atoms with Crippen molar-refractivity contribution in [3.05, 3.63) is 101 Å². The average molecular weight is 394 g/mol. The zero-order chi connectivity index (χ0) is 19.5. The van der Waals surface area contributed by atoms with Crippen molar-refractivity contribution in [2.75, 3.05) is 5.32 Å². The number of nitrogens with one attached hydrogen (secondary N) is 1. The molecule has 3 aromatic carbocycles. The lowest BCUT2D eigenvalue weighted by atomic mass is 10.1. The van der Waals surface area contributed by atoms with Crippen LogP contribution in [-0.4, -0.2) is 10.2 Å². The molecule has 0 saturated heterocycles. The normalized spacial score (nSPS) is 12.0. The van der Waals surface area contributed by atoms with E-state index in [0.717, 1.165) is 16.8 Å². The fraction of sp³-hybridized carbons (Fsp3) is 0.0909. The van der Waals surface area contributed by atoms with Crippen molar-refractivity contribution >= 4 is 17.3 Å². The van der Waals surface area contributed by atoms with Gasteiger partial charge in [0, 0.05) is 0 Å². The number of aryl methyl sites for hydroxylation is 1. The van der Waals surface area contributed by atoms with Gasteiger partial charge in [-0.05, 0) is 42.3 Å². The van der Waals surface area contributed by atoms with Crippen LogP contribution < -0.4 is 5.32 Å². The summed E-state index contributed by atoms with van der Waals surface area (Å²) >= 11 is 6.39. The van der Waals surface area contributed by atoms with Crippen LogP contribution in [0.3, 0.4) is 0 Å². The molecule has 6 heteroatoms. The van der Waals surface area contributed by atoms with Crippen molar-refractivity contribution in [1.29, 1.82) is 0 Å². The molecule has 1 heterocycles. The van der Waals surface area contributed by atoms with Gasteiger partial charge in [-0.15, -0.1) is 10.2 Å². The number of benzene rings is 3. The average Bonchev–Trinajstić information content (AvgIpc) is 3.18. The molecule has 4 rings (SSSR count). The van der Waals surface area contributed by atoms with Crippen LogP contribution >= 0.6 is 11.6 Å². The number of aromatic nitrogens is 2. The Morgan fingerprint density at radius 3 is 2.46 bits per heavy atom. The highest BCUT2D eigenvalue weighted by molar-refractivity contribution is 6.33. The van der Waals surface area contributed by atoms with Crippen LogP contribution in [-0.2, 0) is 0 Å². The highest BCUT2D eigenvalue weighted by Crippen LogP contribution is 2.32. The molecule has 4 aromatic rings. The van der Waals surface area contributed by atoms with Crippen molar-refractivity contribution in [1.82, 2.24) is 10.2 Å². The van der Waals surface area contributed by atoms with Crippen molar-refractivity contribution in [3.8, 4) is 11.5 Å². The van der Waals surface area contributed by atoms with Gasteiger partial charge in [0.15, 0.2) is 0 Å². The highest BCUT2D eigenvalue weighted by atomic mass is 35.5. The minimum absolute atomic E-state index is 0.130. The van der Waals surface area contributed by atoms with Crippen molar-refractivity contribution in [2.45, 2.75) is 13.0 Å². The van der Waals surface area contributed by atoms with Gasteiger partial charge in [-0.1, -0.05) is 60.1 Å². The zero-order valence-corrected chi connectivity index (χ0v) is 15.8. The van der Waals surface area contributed by atoms with Gasteiger partial charge in [-0.25, -0.2) is 4.39 Å². The van der Waals surface area contributed by atoms with Gasteiger partial charge in [0.05, 0.1) is 16.3 Å². The molecule has 0 fully saturated rings. The molecule has 0 aliphatic rings. The van der Waals surface area contributed by atoms with E-state index in [9.17, 15) is 4.39 Å². The maximum absolute atomic E-state index is 14.1. The molecule has 28 heavy (non-hydrogen) atoms. The first-order valence-corrected chi connectivity index (χ1v) is 9.15. The van der Waals surface area contributed by atoms with Crippen molar-refractivity contribution in [3.63, 3.8) is 0 Å². The summed E-state index contributed by atoms with van der Waals surface area (Å²) < 4.78 is 19.9. The topological polar surface area (TPSA) is 51.0 Å². The highest BCUT2D eigenvalue weighted by Gasteiger charge is 2.23. The lowest BCUT2D eigenvalue weighted by Crippen LogP contribution is -2.13. The van der Waals surface area contributed by atoms with E-state index in [1.54, 1.807) is 18.2 Å².